The van der Waals surface area contributed by atoms with Gasteiger partial charge in [0.25, 0.3) is 5.91 Å². The number of rotatable bonds is 8. The van der Waals surface area contributed by atoms with Crippen LogP contribution in [-0.2, 0) is 14.2 Å². The molecule has 4 unspecified atom stereocenters. The maximum Gasteiger partial charge on any atom is 0.272 e. The van der Waals surface area contributed by atoms with Gasteiger partial charge in [-0.2, -0.15) is 0 Å². The number of methoxy groups -OCH3 is 1. The third-order valence-electron chi connectivity index (χ3n) is 8.54. The summed E-state index contributed by atoms with van der Waals surface area (Å²) in [5.74, 6) is 0.388. The molecule has 1 amide bonds. The Labute approximate surface area is 236 Å². The SMILES string of the molecule is COC1COCCC1NC1CCN(C(=O)c2ncnc(NCC3CCCC(c4ccc(C)c(F)c4)O3)c2C)CC1. The first-order valence-corrected chi connectivity index (χ1v) is 14.6. The number of aryl methyl sites for hydroxylation is 1. The van der Waals surface area contributed by atoms with Crippen LogP contribution in [0.25, 0.3) is 0 Å². The van der Waals surface area contributed by atoms with Gasteiger partial charge >= 0.3 is 0 Å². The third kappa shape index (κ3) is 6.79. The molecule has 4 heterocycles. The molecule has 9 nitrogen and oxygen atoms in total. The van der Waals surface area contributed by atoms with E-state index in [4.69, 9.17) is 14.2 Å². The summed E-state index contributed by atoms with van der Waals surface area (Å²) in [6, 6.07) is 5.98. The molecule has 3 saturated heterocycles. The molecular weight excluding hydrogens is 513 g/mol. The number of anilines is 1. The smallest absolute Gasteiger partial charge is 0.272 e. The molecule has 40 heavy (non-hydrogen) atoms. The van der Waals surface area contributed by atoms with Crippen molar-refractivity contribution in [3.05, 3.63) is 52.7 Å². The van der Waals surface area contributed by atoms with E-state index in [0.717, 1.165) is 56.3 Å². The van der Waals surface area contributed by atoms with Crippen molar-refractivity contribution in [3.63, 3.8) is 0 Å². The molecule has 1 aromatic carbocycles. The van der Waals surface area contributed by atoms with Crippen molar-refractivity contribution < 1.29 is 23.4 Å². The highest BCUT2D eigenvalue weighted by atomic mass is 19.1. The van der Waals surface area contributed by atoms with Crippen LogP contribution in [0.15, 0.2) is 24.5 Å². The largest absolute Gasteiger partial charge is 0.379 e. The Balaban J connectivity index is 1.14. The Hall–Kier alpha value is -2.66. The molecule has 3 aliphatic heterocycles. The van der Waals surface area contributed by atoms with Crippen molar-refractivity contribution in [2.24, 2.45) is 0 Å². The summed E-state index contributed by atoms with van der Waals surface area (Å²) in [5, 5.41) is 7.12. The number of ether oxygens (including phenoxy) is 3. The molecule has 2 aromatic rings. The van der Waals surface area contributed by atoms with Crippen molar-refractivity contribution in [1.82, 2.24) is 20.2 Å². The van der Waals surface area contributed by atoms with Gasteiger partial charge < -0.3 is 29.7 Å². The van der Waals surface area contributed by atoms with E-state index in [1.165, 1.54) is 6.33 Å². The maximum atomic E-state index is 14.1. The average molecular weight is 556 g/mol. The van der Waals surface area contributed by atoms with Crippen LogP contribution in [0.4, 0.5) is 10.2 Å². The van der Waals surface area contributed by atoms with Gasteiger partial charge in [0.05, 0.1) is 24.9 Å². The van der Waals surface area contributed by atoms with E-state index in [1.807, 2.05) is 17.9 Å². The van der Waals surface area contributed by atoms with E-state index in [-0.39, 0.29) is 36.1 Å². The topological polar surface area (TPSA) is 97.8 Å². The van der Waals surface area contributed by atoms with Crippen LogP contribution in [-0.4, -0.2) is 85.0 Å². The minimum absolute atomic E-state index is 0.0309. The van der Waals surface area contributed by atoms with E-state index in [1.54, 1.807) is 26.2 Å². The summed E-state index contributed by atoms with van der Waals surface area (Å²) < 4.78 is 31.5. The zero-order valence-electron chi connectivity index (χ0n) is 23.8. The van der Waals surface area contributed by atoms with Crippen LogP contribution in [0.2, 0.25) is 0 Å². The van der Waals surface area contributed by atoms with Crippen molar-refractivity contribution in [2.45, 2.75) is 82.8 Å². The number of hydrogen-bond donors (Lipinski definition) is 2. The zero-order chi connectivity index (χ0) is 28.1. The van der Waals surface area contributed by atoms with Crippen LogP contribution < -0.4 is 10.6 Å². The first-order valence-electron chi connectivity index (χ1n) is 14.6. The first-order chi connectivity index (χ1) is 19.4. The van der Waals surface area contributed by atoms with Crippen LogP contribution in [0, 0.1) is 19.7 Å². The molecule has 3 fully saturated rings. The van der Waals surface area contributed by atoms with Crippen molar-refractivity contribution in [3.8, 4) is 0 Å². The van der Waals surface area contributed by atoms with E-state index < -0.39 is 0 Å². The van der Waals surface area contributed by atoms with E-state index in [9.17, 15) is 9.18 Å². The molecule has 0 bridgehead atoms. The van der Waals surface area contributed by atoms with Gasteiger partial charge in [-0.15, -0.1) is 0 Å². The van der Waals surface area contributed by atoms with Crippen molar-refractivity contribution >= 4 is 11.7 Å². The molecule has 0 spiro atoms. The lowest BCUT2D eigenvalue weighted by molar-refractivity contribution is -0.0533. The number of nitrogens with zero attached hydrogens (tertiary/aromatic N) is 3. The Morgan fingerprint density at radius 1 is 1.15 bits per heavy atom. The minimum atomic E-state index is -0.199. The van der Waals surface area contributed by atoms with Gasteiger partial charge in [-0.3, -0.25) is 4.79 Å². The van der Waals surface area contributed by atoms with E-state index in [0.29, 0.717) is 49.4 Å². The van der Waals surface area contributed by atoms with Gasteiger partial charge in [-0.1, -0.05) is 12.1 Å². The number of carbonyl (C=O) groups excluding carboxylic acids is 1. The lowest BCUT2D eigenvalue weighted by atomic mass is 9.97. The Bertz CT molecular complexity index is 1160. The molecule has 1 aromatic heterocycles. The molecule has 10 heteroatoms. The molecule has 3 aliphatic rings. The fourth-order valence-corrected chi connectivity index (χ4v) is 6.00. The minimum Gasteiger partial charge on any atom is -0.379 e. The Morgan fingerprint density at radius 2 is 1.98 bits per heavy atom. The second-order valence-electron chi connectivity index (χ2n) is 11.2. The second-order valence-corrected chi connectivity index (χ2v) is 11.2. The first kappa shape index (κ1) is 28.9. The van der Waals surface area contributed by atoms with Gasteiger partial charge in [0.1, 0.15) is 23.7 Å². The van der Waals surface area contributed by atoms with Crippen LogP contribution in [0.1, 0.15) is 71.8 Å². The van der Waals surface area contributed by atoms with Crippen LogP contribution in [0.5, 0.6) is 0 Å². The average Bonchev–Trinajstić information content (AvgIpc) is 2.98. The molecule has 0 aliphatic carbocycles. The number of aromatic nitrogens is 2. The number of piperidine rings is 1. The summed E-state index contributed by atoms with van der Waals surface area (Å²) in [5.41, 5.74) is 2.69. The monoisotopic (exact) mass is 555 g/mol. The molecule has 4 atom stereocenters. The molecule has 0 saturated carbocycles. The van der Waals surface area contributed by atoms with Gasteiger partial charge in [-0.25, -0.2) is 14.4 Å². The number of halogens is 1. The molecular formula is C30H42FN5O4. The number of benzene rings is 1. The van der Waals surface area contributed by atoms with Crippen molar-refractivity contribution in [1.29, 1.82) is 0 Å². The van der Waals surface area contributed by atoms with Crippen LogP contribution >= 0.6 is 0 Å². The van der Waals surface area contributed by atoms with Gasteiger partial charge in [0.2, 0.25) is 0 Å². The van der Waals surface area contributed by atoms with Crippen molar-refractivity contribution in [2.75, 3.05) is 45.3 Å². The summed E-state index contributed by atoms with van der Waals surface area (Å²) >= 11 is 0. The van der Waals surface area contributed by atoms with Gasteiger partial charge in [0, 0.05) is 51.0 Å². The molecule has 5 rings (SSSR count). The second kappa shape index (κ2) is 13.3. The van der Waals surface area contributed by atoms with E-state index >= 15 is 0 Å². The predicted octanol–water partition coefficient (Wildman–Crippen LogP) is 3.95. The lowest BCUT2D eigenvalue weighted by Crippen LogP contribution is -2.54. The Kier molecular flexibility index (Phi) is 9.62. The number of likely N-dealkylation sites (tertiary alicyclic amines) is 1. The quantitative estimate of drug-likeness (QED) is 0.506. The molecule has 0 radical (unpaired) electrons. The maximum absolute atomic E-state index is 14.1. The summed E-state index contributed by atoms with van der Waals surface area (Å²) in [7, 11) is 1.73. The normalized spacial score (nSPS) is 26.1. The third-order valence-corrected chi connectivity index (χ3v) is 8.54. The van der Waals surface area contributed by atoms with Gasteiger partial charge in [0.15, 0.2) is 0 Å². The zero-order valence-corrected chi connectivity index (χ0v) is 23.8. The predicted molar refractivity (Wildman–Crippen MR) is 150 cm³/mol. The highest BCUT2D eigenvalue weighted by Gasteiger charge is 2.31. The summed E-state index contributed by atoms with van der Waals surface area (Å²) in [4.78, 5) is 24.1. The van der Waals surface area contributed by atoms with E-state index in [2.05, 4.69) is 20.6 Å². The standard InChI is InChI=1S/C30H42FN5O4/c1-19-7-8-21(15-24(19)31)26-6-4-5-23(40-26)16-32-29-20(2)28(33-18-34-29)30(37)36-12-9-22(10-13-36)35-25-11-14-39-17-27(25)38-3/h7-8,15,18,22-23,25-27,35H,4-6,9-14,16-17H2,1-3H3,(H,32,33,34). The number of amides is 1. The van der Waals surface area contributed by atoms with Gasteiger partial charge in [-0.05, 0) is 69.6 Å². The number of hydrogen-bond acceptors (Lipinski definition) is 8. The lowest BCUT2D eigenvalue weighted by Gasteiger charge is -2.38. The molecule has 2 N–H and O–H groups in total. The van der Waals surface area contributed by atoms with Crippen LogP contribution in [0.3, 0.4) is 0 Å². The molecule has 218 valence electrons. The highest BCUT2D eigenvalue weighted by molar-refractivity contribution is 5.94. The summed E-state index contributed by atoms with van der Waals surface area (Å²) in [6.07, 6.45) is 6.87. The number of nitrogens with one attached hydrogen (secondary N) is 2. The number of carbonyl (C=O) groups is 1. The Morgan fingerprint density at radius 3 is 2.75 bits per heavy atom. The summed E-state index contributed by atoms with van der Waals surface area (Å²) in [6.45, 7) is 6.94. The highest BCUT2D eigenvalue weighted by Crippen LogP contribution is 2.32. The fourth-order valence-electron chi connectivity index (χ4n) is 6.00. The fraction of sp³-hybridized carbons (Fsp3) is 0.633.